The summed E-state index contributed by atoms with van der Waals surface area (Å²) in [6.45, 7) is 2.18. The van der Waals surface area contributed by atoms with Crippen LogP contribution in [0.1, 0.15) is 25.3 Å². The number of carboxylic acids is 1. The normalized spacial score (nSPS) is 14.4. The molecule has 0 bridgehead atoms. The van der Waals surface area contributed by atoms with Crippen LogP contribution in [0.3, 0.4) is 0 Å². The van der Waals surface area contributed by atoms with Crippen LogP contribution in [0.15, 0.2) is 23.8 Å². The average Bonchev–Trinajstić information content (AvgIpc) is 2.50. The van der Waals surface area contributed by atoms with Gasteiger partial charge in [-0.05, 0) is 30.7 Å². The Morgan fingerprint density at radius 2 is 2.23 bits per heavy atom. The largest absolute Gasteiger partial charge is 0.488 e. The third kappa shape index (κ3) is 4.01. The zero-order valence-electron chi connectivity index (χ0n) is 12.3. The molecule has 0 aliphatic carbocycles. The average molecular weight is 324 g/mol. The number of carboxylic acid groups (broad SMARTS) is 1. The number of fused-ring (bicyclic) bond motifs is 1. The van der Waals surface area contributed by atoms with Crippen LogP contribution < -0.4 is 10.1 Å². The van der Waals surface area contributed by atoms with E-state index in [1.54, 1.807) is 24.3 Å². The molecule has 1 aliphatic heterocycles. The Labute approximate surface area is 133 Å². The van der Waals surface area contributed by atoms with E-state index in [0.29, 0.717) is 22.8 Å². The monoisotopic (exact) mass is 323 g/mol. The second-order valence-electron chi connectivity index (χ2n) is 5.17. The van der Waals surface area contributed by atoms with E-state index < -0.39 is 11.9 Å². The second-order valence-corrected chi connectivity index (χ2v) is 5.61. The molecule has 2 N–H and O–H groups in total. The highest BCUT2D eigenvalue weighted by Crippen LogP contribution is 2.28. The standard InChI is InChI=1S/C16H18ClNO4/c1-2-3-10(16(20)21)8-18-15(19)12-6-11-7-13(17)4-5-14(11)22-9-12/h4-7,10H,2-3,8-9H2,1H3,(H,18,19)(H,20,21). The molecule has 1 aromatic carbocycles. The van der Waals surface area contributed by atoms with Gasteiger partial charge in [-0.1, -0.05) is 24.9 Å². The van der Waals surface area contributed by atoms with Crippen LogP contribution in [0.4, 0.5) is 0 Å². The first-order valence-corrected chi connectivity index (χ1v) is 7.53. The number of aliphatic carboxylic acids is 1. The van der Waals surface area contributed by atoms with Gasteiger partial charge in [0, 0.05) is 17.1 Å². The quantitative estimate of drug-likeness (QED) is 0.844. The van der Waals surface area contributed by atoms with Crippen molar-refractivity contribution in [2.24, 2.45) is 5.92 Å². The van der Waals surface area contributed by atoms with Gasteiger partial charge in [0.1, 0.15) is 12.4 Å². The smallest absolute Gasteiger partial charge is 0.308 e. The van der Waals surface area contributed by atoms with Crippen molar-refractivity contribution in [1.82, 2.24) is 5.32 Å². The molecule has 5 nitrogen and oxygen atoms in total. The minimum Gasteiger partial charge on any atom is -0.488 e. The molecule has 6 heteroatoms. The number of nitrogens with one attached hydrogen (secondary N) is 1. The van der Waals surface area contributed by atoms with Crippen molar-refractivity contribution in [3.63, 3.8) is 0 Å². The number of carbonyl (C=O) groups excluding carboxylic acids is 1. The number of ether oxygens (including phenoxy) is 1. The SMILES string of the molecule is CCCC(CNC(=O)C1=Cc2cc(Cl)ccc2OC1)C(=O)O. The Morgan fingerprint density at radius 1 is 1.45 bits per heavy atom. The molecule has 2 rings (SSSR count). The number of amides is 1. The van der Waals surface area contributed by atoms with Gasteiger partial charge in [0.05, 0.1) is 11.5 Å². The Morgan fingerprint density at radius 3 is 2.91 bits per heavy atom. The van der Waals surface area contributed by atoms with E-state index in [9.17, 15) is 9.59 Å². The zero-order valence-corrected chi connectivity index (χ0v) is 13.0. The van der Waals surface area contributed by atoms with Gasteiger partial charge in [0.25, 0.3) is 5.91 Å². The van der Waals surface area contributed by atoms with E-state index in [-0.39, 0.29) is 19.1 Å². The number of hydrogen-bond donors (Lipinski definition) is 2. The lowest BCUT2D eigenvalue weighted by atomic mass is 10.0. The predicted molar refractivity (Wildman–Crippen MR) is 84.0 cm³/mol. The summed E-state index contributed by atoms with van der Waals surface area (Å²) < 4.78 is 5.51. The van der Waals surface area contributed by atoms with Crippen molar-refractivity contribution >= 4 is 29.6 Å². The van der Waals surface area contributed by atoms with Gasteiger partial charge in [-0.15, -0.1) is 0 Å². The molecule has 1 heterocycles. The number of rotatable bonds is 6. The highest BCUT2D eigenvalue weighted by Gasteiger charge is 2.21. The van der Waals surface area contributed by atoms with Crippen LogP contribution in [0.25, 0.3) is 6.08 Å². The highest BCUT2D eigenvalue weighted by molar-refractivity contribution is 6.30. The maximum Gasteiger partial charge on any atom is 0.308 e. The van der Waals surface area contributed by atoms with Gasteiger partial charge in [-0.3, -0.25) is 9.59 Å². The molecule has 0 fully saturated rings. The molecular weight excluding hydrogens is 306 g/mol. The Hall–Kier alpha value is -2.01. The second kappa shape index (κ2) is 7.31. The van der Waals surface area contributed by atoms with E-state index in [4.69, 9.17) is 21.4 Å². The molecule has 0 saturated carbocycles. The van der Waals surface area contributed by atoms with Crippen LogP contribution in [0.2, 0.25) is 5.02 Å². The van der Waals surface area contributed by atoms with Gasteiger partial charge in [-0.2, -0.15) is 0 Å². The summed E-state index contributed by atoms with van der Waals surface area (Å²) in [5.41, 5.74) is 1.20. The van der Waals surface area contributed by atoms with E-state index in [2.05, 4.69) is 5.32 Å². The van der Waals surface area contributed by atoms with E-state index >= 15 is 0 Å². The van der Waals surface area contributed by atoms with Crippen molar-refractivity contribution in [3.8, 4) is 5.75 Å². The van der Waals surface area contributed by atoms with E-state index in [0.717, 1.165) is 12.0 Å². The topological polar surface area (TPSA) is 75.6 Å². The highest BCUT2D eigenvalue weighted by atomic mass is 35.5. The van der Waals surface area contributed by atoms with Gasteiger partial charge < -0.3 is 15.2 Å². The van der Waals surface area contributed by atoms with Crippen LogP contribution in [-0.4, -0.2) is 30.1 Å². The predicted octanol–water partition coefficient (Wildman–Crippen LogP) is 2.73. The number of carbonyl (C=O) groups is 2. The lowest BCUT2D eigenvalue weighted by Gasteiger charge is -2.19. The first-order valence-electron chi connectivity index (χ1n) is 7.15. The summed E-state index contributed by atoms with van der Waals surface area (Å²) in [5.74, 6) is -1.10. The zero-order chi connectivity index (χ0) is 16.1. The maximum absolute atomic E-state index is 12.1. The molecule has 1 aliphatic rings. The summed E-state index contributed by atoms with van der Waals surface area (Å²) >= 11 is 5.93. The van der Waals surface area contributed by atoms with Gasteiger partial charge in [0.15, 0.2) is 0 Å². The van der Waals surface area contributed by atoms with E-state index in [1.807, 2.05) is 6.92 Å². The fourth-order valence-corrected chi connectivity index (χ4v) is 2.45. The Kier molecular flexibility index (Phi) is 5.44. The molecule has 1 unspecified atom stereocenters. The molecule has 1 amide bonds. The molecule has 0 aromatic heterocycles. The minimum absolute atomic E-state index is 0.113. The first-order chi connectivity index (χ1) is 10.5. The molecule has 0 spiro atoms. The van der Waals surface area contributed by atoms with Crippen LogP contribution in [0.5, 0.6) is 5.75 Å². The molecule has 0 radical (unpaired) electrons. The summed E-state index contributed by atoms with van der Waals surface area (Å²) in [4.78, 5) is 23.2. The summed E-state index contributed by atoms with van der Waals surface area (Å²) in [7, 11) is 0. The van der Waals surface area contributed by atoms with Gasteiger partial charge in [0.2, 0.25) is 0 Å². The summed E-state index contributed by atoms with van der Waals surface area (Å²) in [5, 5.41) is 12.3. The molecule has 1 aromatic rings. The minimum atomic E-state index is -0.895. The van der Waals surface area contributed by atoms with Gasteiger partial charge >= 0.3 is 5.97 Å². The summed E-state index contributed by atoms with van der Waals surface area (Å²) in [6, 6.07) is 5.20. The third-order valence-electron chi connectivity index (χ3n) is 3.47. The fraction of sp³-hybridized carbons (Fsp3) is 0.375. The van der Waals surface area contributed by atoms with Crippen LogP contribution >= 0.6 is 11.6 Å². The lowest BCUT2D eigenvalue weighted by molar-refractivity contribution is -0.141. The van der Waals surface area contributed by atoms with Crippen molar-refractivity contribution in [2.75, 3.05) is 13.2 Å². The molecule has 118 valence electrons. The fourth-order valence-electron chi connectivity index (χ4n) is 2.27. The van der Waals surface area contributed by atoms with Crippen molar-refractivity contribution in [1.29, 1.82) is 0 Å². The lowest BCUT2D eigenvalue weighted by Crippen LogP contribution is -2.35. The van der Waals surface area contributed by atoms with E-state index in [1.165, 1.54) is 0 Å². The van der Waals surface area contributed by atoms with Crippen LogP contribution in [-0.2, 0) is 9.59 Å². The number of benzene rings is 1. The van der Waals surface area contributed by atoms with Crippen LogP contribution in [0, 0.1) is 5.92 Å². The molecular formula is C16H18ClNO4. The first kappa shape index (κ1) is 16.4. The molecule has 22 heavy (non-hydrogen) atoms. The number of halogens is 1. The Bertz CT molecular complexity index is 612. The molecule has 0 saturated heterocycles. The third-order valence-corrected chi connectivity index (χ3v) is 3.71. The maximum atomic E-state index is 12.1. The Balaban J connectivity index is 2.03. The molecule has 1 atom stereocenters. The van der Waals surface area contributed by atoms with Crippen molar-refractivity contribution in [3.05, 3.63) is 34.4 Å². The van der Waals surface area contributed by atoms with Crippen molar-refractivity contribution in [2.45, 2.75) is 19.8 Å². The van der Waals surface area contributed by atoms with Crippen molar-refractivity contribution < 1.29 is 19.4 Å². The number of hydrogen-bond acceptors (Lipinski definition) is 3. The van der Waals surface area contributed by atoms with Gasteiger partial charge in [-0.25, -0.2) is 0 Å². The summed E-state index contributed by atoms with van der Waals surface area (Å²) in [6.07, 6.45) is 3.00.